The quantitative estimate of drug-likeness (QED) is 0.766. The third-order valence-corrected chi connectivity index (χ3v) is 3.40. The van der Waals surface area contributed by atoms with Crippen LogP contribution in [0.3, 0.4) is 0 Å². The molecule has 21 heavy (non-hydrogen) atoms. The third-order valence-electron chi connectivity index (χ3n) is 3.40. The van der Waals surface area contributed by atoms with Gasteiger partial charge in [-0.1, -0.05) is 5.21 Å². The summed E-state index contributed by atoms with van der Waals surface area (Å²) in [6.07, 6.45) is 0.409. The van der Waals surface area contributed by atoms with Gasteiger partial charge in [-0.15, -0.1) is 5.10 Å². The molecular formula is C13H12N4O4. The number of nitrogens with one attached hydrogen (secondary N) is 1. The molecule has 0 spiro atoms. The number of nitrogens with zero attached hydrogens (tertiary/aromatic N) is 3. The topological polar surface area (TPSA) is 103 Å². The molecule has 0 bridgehead atoms. The second-order valence-corrected chi connectivity index (χ2v) is 4.69. The van der Waals surface area contributed by atoms with E-state index in [4.69, 9.17) is 4.74 Å². The second kappa shape index (κ2) is 4.97. The number of imide groups is 1. The lowest BCUT2D eigenvalue weighted by Crippen LogP contribution is -2.45. The molecule has 2 aromatic rings. The van der Waals surface area contributed by atoms with Crippen LogP contribution in [0.15, 0.2) is 23.0 Å². The van der Waals surface area contributed by atoms with Gasteiger partial charge in [0.2, 0.25) is 5.91 Å². The van der Waals surface area contributed by atoms with Crippen molar-refractivity contribution in [3.05, 3.63) is 28.6 Å². The Kier molecular flexibility index (Phi) is 3.13. The van der Waals surface area contributed by atoms with Crippen LogP contribution in [0.4, 0.5) is 0 Å². The predicted molar refractivity (Wildman–Crippen MR) is 71.8 cm³/mol. The fourth-order valence-electron chi connectivity index (χ4n) is 2.28. The van der Waals surface area contributed by atoms with E-state index in [1.54, 1.807) is 18.2 Å². The molecule has 1 aromatic heterocycles. The Morgan fingerprint density at radius 2 is 2.14 bits per heavy atom. The Labute approximate surface area is 118 Å². The van der Waals surface area contributed by atoms with Gasteiger partial charge < -0.3 is 4.74 Å². The molecule has 1 aliphatic heterocycles. The van der Waals surface area contributed by atoms with E-state index in [0.29, 0.717) is 16.7 Å². The van der Waals surface area contributed by atoms with E-state index in [-0.39, 0.29) is 18.7 Å². The summed E-state index contributed by atoms with van der Waals surface area (Å²) in [7, 11) is 1.51. The van der Waals surface area contributed by atoms with Gasteiger partial charge in [-0.3, -0.25) is 19.7 Å². The fraction of sp³-hybridized carbons (Fsp3) is 0.308. The molecule has 1 aromatic carbocycles. The summed E-state index contributed by atoms with van der Waals surface area (Å²) in [5, 5.41) is 10.3. The summed E-state index contributed by atoms with van der Waals surface area (Å²) in [4.78, 5) is 35.4. The number of carbonyl (C=O) groups is 2. The van der Waals surface area contributed by atoms with Crippen molar-refractivity contribution in [2.75, 3.05) is 7.11 Å². The van der Waals surface area contributed by atoms with E-state index in [1.165, 1.54) is 7.11 Å². The fourth-order valence-corrected chi connectivity index (χ4v) is 2.28. The lowest BCUT2D eigenvalue weighted by Gasteiger charge is -2.21. The van der Waals surface area contributed by atoms with Gasteiger partial charge in [0.05, 0.1) is 12.5 Å². The summed E-state index contributed by atoms with van der Waals surface area (Å²) < 4.78 is 6.08. The lowest BCUT2D eigenvalue weighted by atomic mass is 10.1. The number of benzene rings is 1. The van der Waals surface area contributed by atoms with Crippen molar-refractivity contribution in [3.63, 3.8) is 0 Å². The molecule has 1 fully saturated rings. The van der Waals surface area contributed by atoms with Crippen LogP contribution in [0.1, 0.15) is 18.9 Å². The van der Waals surface area contributed by atoms with Crippen molar-refractivity contribution in [2.24, 2.45) is 0 Å². The van der Waals surface area contributed by atoms with Gasteiger partial charge >= 0.3 is 0 Å². The zero-order valence-electron chi connectivity index (χ0n) is 11.2. The number of methoxy groups -OCH3 is 1. The molecule has 0 saturated carbocycles. The highest BCUT2D eigenvalue weighted by molar-refractivity contribution is 5.99. The Hall–Kier alpha value is -2.77. The minimum atomic E-state index is -0.811. The molecule has 1 atom stereocenters. The molecule has 8 heteroatoms. The first kappa shape index (κ1) is 13.2. The summed E-state index contributed by atoms with van der Waals surface area (Å²) in [6.45, 7) is 0. The van der Waals surface area contributed by atoms with Crippen LogP contribution in [0.5, 0.6) is 5.75 Å². The van der Waals surface area contributed by atoms with Gasteiger partial charge in [-0.2, -0.15) is 4.68 Å². The maximum atomic E-state index is 12.4. The van der Waals surface area contributed by atoms with E-state index < -0.39 is 17.5 Å². The first-order valence-electron chi connectivity index (χ1n) is 6.37. The van der Waals surface area contributed by atoms with Crippen LogP contribution in [0, 0.1) is 0 Å². The van der Waals surface area contributed by atoms with Crippen LogP contribution < -0.4 is 15.6 Å². The minimum absolute atomic E-state index is 0.172. The highest BCUT2D eigenvalue weighted by atomic mass is 16.5. The van der Waals surface area contributed by atoms with E-state index in [0.717, 1.165) is 4.68 Å². The average molecular weight is 288 g/mol. The highest BCUT2D eigenvalue weighted by Crippen LogP contribution is 2.18. The van der Waals surface area contributed by atoms with Crippen molar-refractivity contribution in [1.29, 1.82) is 0 Å². The normalized spacial score (nSPS) is 18.6. The zero-order chi connectivity index (χ0) is 15.0. The van der Waals surface area contributed by atoms with E-state index in [1.807, 2.05) is 0 Å². The number of hydrogen-bond acceptors (Lipinski definition) is 6. The van der Waals surface area contributed by atoms with Gasteiger partial charge in [0.15, 0.2) is 0 Å². The summed E-state index contributed by atoms with van der Waals surface area (Å²) in [5.41, 5.74) is -0.0277. The number of fused-ring (bicyclic) bond motifs is 1. The SMILES string of the molecule is COc1ccc2c(=O)n(C3CCC(=O)NC3=O)nnc2c1. The minimum Gasteiger partial charge on any atom is -0.497 e. The van der Waals surface area contributed by atoms with Crippen LogP contribution in [-0.4, -0.2) is 33.9 Å². The summed E-state index contributed by atoms with van der Waals surface area (Å²) >= 11 is 0. The van der Waals surface area contributed by atoms with Crippen molar-refractivity contribution in [3.8, 4) is 5.75 Å². The standard InChI is InChI=1S/C13H12N4O4/c1-21-7-2-3-8-9(6-7)15-16-17(13(8)20)10-4-5-11(18)14-12(10)19/h2-3,6,10H,4-5H2,1H3,(H,14,18,19). The molecule has 8 nitrogen and oxygen atoms in total. The Bertz CT molecular complexity index is 798. The van der Waals surface area contributed by atoms with E-state index >= 15 is 0 Å². The maximum Gasteiger partial charge on any atom is 0.278 e. The number of rotatable bonds is 2. The molecule has 0 aliphatic carbocycles. The molecule has 3 rings (SSSR count). The zero-order valence-corrected chi connectivity index (χ0v) is 11.2. The largest absolute Gasteiger partial charge is 0.497 e. The molecule has 108 valence electrons. The summed E-state index contributed by atoms with van der Waals surface area (Å²) in [5.74, 6) is -0.312. The third kappa shape index (κ3) is 2.24. The lowest BCUT2D eigenvalue weighted by molar-refractivity contribution is -0.136. The number of hydrogen-bond donors (Lipinski definition) is 1. The van der Waals surface area contributed by atoms with Gasteiger partial charge in [-0.05, 0) is 18.6 Å². The Morgan fingerprint density at radius 1 is 1.33 bits per heavy atom. The molecule has 2 heterocycles. The summed E-state index contributed by atoms with van der Waals surface area (Å²) in [6, 6.07) is 4.00. The molecule has 1 saturated heterocycles. The Balaban J connectivity index is 2.08. The van der Waals surface area contributed by atoms with E-state index in [2.05, 4.69) is 15.6 Å². The molecular weight excluding hydrogens is 276 g/mol. The molecule has 1 N–H and O–H groups in total. The molecule has 1 unspecified atom stereocenters. The van der Waals surface area contributed by atoms with Gasteiger partial charge in [-0.25, -0.2) is 0 Å². The predicted octanol–water partition coefficient (Wildman–Crippen LogP) is -0.222. The molecule has 1 aliphatic rings. The molecule has 2 amide bonds. The highest BCUT2D eigenvalue weighted by Gasteiger charge is 2.30. The van der Waals surface area contributed by atoms with Gasteiger partial charge in [0.1, 0.15) is 17.3 Å². The van der Waals surface area contributed by atoms with Crippen molar-refractivity contribution in [1.82, 2.24) is 20.3 Å². The van der Waals surface area contributed by atoms with Crippen LogP contribution in [-0.2, 0) is 9.59 Å². The number of aromatic nitrogens is 3. The Morgan fingerprint density at radius 3 is 2.86 bits per heavy atom. The maximum absolute atomic E-state index is 12.4. The van der Waals surface area contributed by atoms with Crippen LogP contribution >= 0.6 is 0 Å². The van der Waals surface area contributed by atoms with E-state index in [9.17, 15) is 14.4 Å². The van der Waals surface area contributed by atoms with Crippen LogP contribution in [0.2, 0.25) is 0 Å². The van der Waals surface area contributed by atoms with Crippen molar-refractivity contribution >= 4 is 22.7 Å². The van der Waals surface area contributed by atoms with Crippen molar-refractivity contribution < 1.29 is 14.3 Å². The number of ether oxygens (including phenoxy) is 1. The second-order valence-electron chi connectivity index (χ2n) is 4.69. The van der Waals surface area contributed by atoms with Crippen molar-refractivity contribution in [2.45, 2.75) is 18.9 Å². The van der Waals surface area contributed by atoms with Gasteiger partial charge in [0.25, 0.3) is 11.5 Å². The number of carbonyl (C=O) groups excluding carboxylic acids is 2. The first-order valence-corrected chi connectivity index (χ1v) is 6.37. The molecule has 0 radical (unpaired) electrons. The van der Waals surface area contributed by atoms with Crippen LogP contribution in [0.25, 0.3) is 10.9 Å². The monoisotopic (exact) mass is 288 g/mol. The number of piperidine rings is 1. The number of amides is 2. The van der Waals surface area contributed by atoms with Gasteiger partial charge in [0, 0.05) is 12.5 Å². The first-order chi connectivity index (χ1) is 10.1. The average Bonchev–Trinajstić information content (AvgIpc) is 2.48. The smallest absolute Gasteiger partial charge is 0.278 e.